The highest BCUT2D eigenvalue weighted by Gasteiger charge is 2.34. The molecular weight excluding hydrogens is 332 g/mol. The molecule has 2 N–H and O–H groups in total. The van der Waals surface area contributed by atoms with Crippen LogP contribution in [0.15, 0.2) is 28.7 Å². The molecule has 21 heavy (non-hydrogen) atoms. The Balaban J connectivity index is 1.94. The van der Waals surface area contributed by atoms with Crippen molar-refractivity contribution in [3.05, 3.63) is 34.3 Å². The Hall–Kier alpha value is -0.910. The number of benzene rings is 1. The zero-order valence-electron chi connectivity index (χ0n) is 12.6. The van der Waals surface area contributed by atoms with Gasteiger partial charge in [0.15, 0.2) is 0 Å². The summed E-state index contributed by atoms with van der Waals surface area (Å²) in [5.74, 6) is -0.0419. The Bertz CT molecular complexity index is 481. The summed E-state index contributed by atoms with van der Waals surface area (Å²) in [5.41, 5.74) is 1.09. The minimum absolute atomic E-state index is 0.0116. The maximum Gasteiger partial charge on any atom is 0.227 e. The van der Waals surface area contributed by atoms with E-state index in [2.05, 4.69) is 33.5 Å². The van der Waals surface area contributed by atoms with Crippen molar-refractivity contribution in [2.75, 3.05) is 19.8 Å². The molecule has 3 atom stereocenters. The van der Waals surface area contributed by atoms with Crippen LogP contribution in [0.4, 0.5) is 0 Å². The summed E-state index contributed by atoms with van der Waals surface area (Å²) in [7, 11) is 0. The van der Waals surface area contributed by atoms with Gasteiger partial charge >= 0.3 is 0 Å². The summed E-state index contributed by atoms with van der Waals surface area (Å²) in [5, 5.41) is 6.48. The number of halogens is 1. The number of carbonyl (C=O) groups excluding carboxylic acids is 1. The lowest BCUT2D eigenvalue weighted by atomic mass is 10.0. The van der Waals surface area contributed by atoms with Crippen molar-refractivity contribution < 1.29 is 9.53 Å². The first kappa shape index (κ1) is 16.5. The van der Waals surface area contributed by atoms with Crippen LogP contribution in [0.25, 0.3) is 0 Å². The molecule has 0 spiro atoms. The first-order chi connectivity index (χ1) is 10.1. The molecule has 1 aliphatic rings. The third-order valence-corrected chi connectivity index (χ3v) is 4.27. The number of hydrogen-bond donors (Lipinski definition) is 2. The van der Waals surface area contributed by atoms with E-state index in [9.17, 15) is 4.79 Å². The van der Waals surface area contributed by atoms with E-state index in [1.165, 1.54) is 0 Å². The number of amides is 1. The topological polar surface area (TPSA) is 50.4 Å². The highest BCUT2D eigenvalue weighted by Crippen LogP contribution is 2.20. The monoisotopic (exact) mass is 354 g/mol. The molecule has 1 aromatic carbocycles. The van der Waals surface area contributed by atoms with Crippen LogP contribution in [0.3, 0.4) is 0 Å². The first-order valence-electron chi connectivity index (χ1n) is 7.48. The van der Waals surface area contributed by atoms with Gasteiger partial charge < -0.3 is 15.4 Å². The molecule has 4 nitrogen and oxygen atoms in total. The van der Waals surface area contributed by atoms with Crippen molar-refractivity contribution in [1.29, 1.82) is 0 Å². The van der Waals surface area contributed by atoms with Crippen molar-refractivity contribution >= 4 is 21.8 Å². The van der Waals surface area contributed by atoms with E-state index in [-0.39, 0.29) is 23.9 Å². The molecule has 1 aliphatic heterocycles. The highest BCUT2D eigenvalue weighted by molar-refractivity contribution is 9.10. The third-order valence-electron chi connectivity index (χ3n) is 3.78. The van der Waals surface area contributed by atoms with E-state index < -0.39 is 0 Å². The fourth-order valence-corrected chi connectivity index (χ4v) is 2.94. The summed E-state index contributed by atoms with van der Waals surface area (Å²) in [6.45, 7) is 6.15. The second kappa shape index (κ2) is 7.92. The molecule has 0 aliphatic carbocycles. The SMILES string of the molecule is CCCNC1COCC1C(=O)N[C@H](C)c1cccc(Br)c1. The summed E-state index contributed by atoms with van der Waals surface area (Å²) in [4.78, 5) is 12.4. The largest absolute Gasteiger partial charge is 0.379 e. The average Bonchev–Trinajstić information content (AvgIpc) is 2.93. The first-order valence-corrected chi connectivity index (χ1v) is 8.28. The number of hydrogen-bond acceptors (Lipinski definition) is 3. The second-order valence-electron chi connectivity index (χ2n) is 5.49. The zero-order chi connectivity index (χ0) is 15.2. The van der Waals surface area contributed by atoms with Gasteiger partial charge in [-0.15, -0.1) is 0 Å². The molecule has 5 heteroatoms. The van der Waals surface area contributed by atoms with E-state index in [4.69, 9.17) is 4.74 Å². The molecule has 0 aromatic heterocycles. The summed E-state index contributed by atoms with van der Waals surface area (Å²) >= 11 is 3.46. The standard InChI is InChI=1S/C16H23BrN2O2/c1-3-7-18-15-10-21-9-14(15)16(20)19-11(2)12-5-4-6-13(17)8-12/h4-6,8,11,14-15,18H,3,7,9-10H2,1-2H3,(H,19,20)/t11-,14?,15?/m1/s1. The molecule has 0 bridgehead atoms. The van der Waals surface area contributed by atoms with Gasteiger partial charge in [0.25, 0.3) is 0 Å². The van der Waals surface area contributed by atoms with Crippen molar-refractivity contribution in [1.82, 2.24) is 10.6 Å². The molecule has 1 fully saturated rings. The minimum atomic E-state index is -0.105. The van der Waals surface area contributed by atoms with Gasteiger partial charge in [-0.1, -0.05) is 35.0 Å². The molecule has 2 rings (SSSR count). The molecule has 116 valence electrons. The van der Waals surface area contributed by atoms with Crippen LogP contribution in [-0.2, 0) is 9.53 Å². The quantitative estimate of drug-likeness (QED) is 0.825. The van der Waals surface area contributed by atoms with Gasteiger partial charge in [0.1, 0.15) is 0 Å². The molecule has 1 saturated heterocycles. The summed E-state index contributed by atoms with van der Waals surface area (Å²) in [6, 6.07) is 8.12. The average molecular weight is 355 g/mol. The van der Waals surface area contributed by atoms with E-state index >= 15 is 0 Å². The van der Waals surface area contributed by atoms with E-state index in [0.717, 1.165) is 23.0 Å². The van der Waals surface area contributed by atoms with Gasteiger partial charge in [-0.3, -0.25) is 4.79 Å². The van der Waals surface area contributed by atoms with Crippen molar-refractivity contribution in [2.24, 2.45) is 5.92 Å². The lowest BCUT2D eigenvalue weighted by Gasteiger charge is -2.21. The summed E-state index contributed by atoms with van der Waals surface area (Å²) in [6.07, 6.45) is 1.05. The normalized spacial score (nSPS) is 23.0. The van der Waals surface area contributed by atoms with Gasteiger partial charge in [-0.25, -0.2) is 0 Å². The van der Waals surface area contributed by atoms with Crippen molar-refractivity contribution in [2.45, 2.75) is 32.4 Å². The smallest absolute Gasteiger partial charge is 0.227 e. The molecule has 1 heterocycles. The van der Waals surface area contributed by atoms with Crippen LogP contribution < -0.4 is 10.6 Å². The fourth-order valence-electron chi connectivity index (χ4n) is 2.52. The number of carbonyl (C=O) groups is 1. The van der Waals surface area contributed by atoms with E-state index in [1.54, 1.807) is 0 Å². The molecule has 1 aromatic rings. The number of rotatable bonds is 6. The van der Waals surface area contributed by atoms with E-state index in [0.29, 0.717) is 13.2 Å². The van der Waals surface area contributed by atoms with Crippen LogP contribution in [0.2, 0.25) is 0 Å². The highest BCUT2D eigenvalue weighted by atomic mass is 79.9. The van der Waals surface area contributed by atoms with Gasteiger partial charge in [-0.05, 0) is 37.6 Å². The molecular formula is C16H23BrN2O2. The predicted octanol–water partition coefficient (Wildman–Crippen LogP) is 2.64. The Morgan fingerprint density at radius 1 is 1.48 bits per heavy atom. The van der Waals surface area contributed by atoms with Crippen LogP contribution in [0.1, 0.15) is 31.9 Å². The lowest BCUT2D eigenvalue weighted by molar-refractivity contribution is -0.126. The fraction of sp³-hybridized carbons (Fsp3) is 0.562. The van der Waals surface area contributed by atoms with Crippen LogP contribution in [-0.4, -0.2) is 31.7 Å². The molecule has 0 radical (unpaired) electrons. The minimum Gasteiger partial charge on any atom is -0.379 e. The van der Waals surface area contributed by atoms with Gasteiger partial charge in [0.05, 0.1) is 25.2 Å². The number of nitrogens with one attached hydrogen (secondary N) is 2. The Morgan fingerprint density at radius 3 is 3.00 bits per heavy atom. The van der Waals surface area contributed by atoms with Gasteiger partial charge in [0.2, 0.25) is 5.91 Å². The van der Waals surface area contributed by atoms with Gasteiger partial charge in [0, 0.05) is 10.5 Å². The molecule has 2 unspecified atom stereocenters. The zero-order valence-corrected chi connectivity index (χ0v) is 14.2. The Morgan fingerprint density at radius 2 is 2.29 bits per heavy atom. The van der Waals surface area contributed by atoms with Crippen molar-refractivity contribution in [3.63, 3.8) is 0 Å². The second-order valence-corrected chi connectivity index (χ2v) is 6.41. The maximum absolute atomic E-state index is 12.4. The van der Waals surface area contributed by atoms with E-state index in [1.807, 2.05) is 31.2 Å². The van der Waals surface area contributed by atoms with Crippen LogP contribution in [0, 0.1) is 5.92 Å². The maximum atomic E-state index is 12.4. The van der Waals surface area contributed by atoms with Crippen molar-refractivity contribution in [3.8, 4) is 0 Å². The Kier molecular flexibility index (Phi) is 6.21. The van der Waals surface area contributed by atoms with Gasteiger partial charge in [-0.2, -0.15) is 0 Å². The lowest BCUT2D eigenvalue weighted by Crippen LogP contribution is -2.44. The summed E-state index contributed by atoms with van der Waals surface area (Å²) < 4.78 is 6.48. The van der Waals surface area contributed by atoms with Crippen LogP contribution in [0.5, 0.6) is 0 Å². The Labute approximate surface area is 134 Å². The third kappa shape index (κ3) is 4.53. The molecule has 0 saturated carbocycles. The predicted molar refractivity (Wildman–Crippen MR) is 87.1 cm³/mol. The van der Waals surface area contributed by atoms with Crippen LogP contribution >= 0.6 is 15.9 Å². The number of ether oxygens (including phenoxy) is 1. The molecule has 1 amide bonds.